The molecule has 8 heteroatoms. The number of carbonyl (C=O) groups excluding carboxylic acids is 2. The SMILES string of the molecule is CC(C)(CC(=O)OC1CCC2(C)C(CCC3(C)C2CCC2C4CCCC4(C(=O)NCC4=NC5C=CC=CC5N4)CC[C@]23C)C1(C)C)C(=O)O. The van der Waals surface area contributed by atoms with E-state index < -0.39 is 17.4 Å². The van der Waals surface area contributed by atoms with Crippen molar-refractivity contribution in [2.75, 3.05) is 6.54 Å². The second-order valence-corrected chi connectivity index (χ2v) is 19.2. The van der Waals surface area contributed by atoms with Gasteiger partial charge in [-0.3, -0.25) is 19.4 Å². The predicted octanol–water partition coefficient (Wildman–Crippen LogP) is 7.24. The highest BCUT2D eigenvalue weighted by atomic mass is 16.5. The fourth-order valence-electron chi connectivity index (χ4n) is 13.5. The van der Waals surface area contributed by atoms with Gasteiger partial charge >= 0.3 is 11.9 Å². The molecule has 11 atom stereocenters. The number of aliphatic carboxylic acids is 1. The summed E-state index contributed by atoms with van der Waals surface area (Å²) >= 11 is 0. The number of carbonyl (C=O) groups is 3. The predicted molar refractivity (Wildman–Crippen MR) is 191 cm³/mol. The minimum absolute atomic E-state index is 0.111. The number of allylic oxidation sites excluding steroid dienone is 2. The quantitative estimate of drug-likeness (QED) is 0.245. The third kappa shape index (κ3) is 5.18. The zero-order chi connectivity index (χ0) is 35.2. The second-order valence-electron chi connectivity index (χ2n) is 19.2. The Morgan fingerprint density at radius 2 is 1.65 bits per heavy atom. The standard InChI is InChI=1S/C41H61N3O5/c1-36(2,35(47)48)23-33(45)49-31-17-19-38(5)29(37(31,3)4)16-20-40(7)30(38)15-14-25-26-11-10-18-41(26,22-21-39(25,40)6)34(46)42-24-32-43-27-12-8-9-13-28(27)44-32/h8-9,12-13,25-31H,10-11,14-24H2,1-7H3,(H,42,46)(H,43,44)(H,47,48)/t25?,26?,27?,28?,29?,30?,31?,38?,39-,40?,41?/m1/s1. The maximum atomic E-state index is 14.3. The molecule has 8 nitrogen and oxygen atoms in total. The number of esters is 1. The van der Waals surface area contributed by atoms with Crippen molar-refractivity contribution in [3.63, 3.8) is 0 Å². The molecule has 10 unspecified atom stereocenters. The highest BCUT2D eigenvalue weighted by molar-refractivity contribution is 5.92. The van der Waals surface area contributed by atoms with Crippen LogP contribution < -0.4 is 10.6 Å². The molecular weight excluding hydrogens is 614 g/mol. The summed E-state index contributed by atoms with van der Waals surface area (Å²) in [5.74, 6) is 1.78. The number of carboxylic acid groups (broad SMARTS) is 1. The molecule has 6 aliphatic carbocycles. The number of amides is 1. The molecule has 49 heavy (non-hydrogen) atoms. The molecule has 0 aromatic heterocycles. The first-order valence-electron chi connectivity index (χ1n) is 19.4. The molecule has 1 aliphatic heterocycles. The molecule has 3 N–H and O–H groups in total. The summed E-state index contributed by atoms with van der Waals surface area (Å²) in [7, 11) is 0. The van der Waals surface area contributed by atoms with E-state index in [4.69, 9.17) is 9.73 Å². The van der Waals surface area contributed by atoms with E-state index >= 15 is 0 Å². The molecular formula is C41H61N3O5. The lowest BCUT2D eigenvalue weighted by atomic mass is 9.32. The summed E-state index contributed by atoms with van der Waals surface area (Å²) in [6.45, 7) is 16.0. The van der Waals surface area contributed by atoms with E-state index in [9.17, 15) is 19.5 Å². The van der Waals surface area contributed by atoms with E-state index in [1.54, 1.807) is 13.8 Å². The second kappa shape index (κ2) is 11.7. The summed E-state index contributed by atoms with van der Waals surface area (Å²) in [5.41, 5.74) is -1.07. The van der Waals surface area contributed by atoms with Gasteiger partial charge in [0.15, 0.2) is 0 Å². The lowest BCUT2D eigenvalue weighted by Gasteiger charge is -2.72. The number of hydrogen-bond acceptors (Lipinski definition) is 6. The van der Waals surface area contributed by atoms with Crippen LogP contribution in [-0.4, -0.2) is 53.5 Å². The Morgan fingerprint density at radius 3 is 2.39 bits per heavy atom. The van der Waals surface area contributed by atoms with Gasteiger partial charge in [0.2, 0.25) is 5.91 Å². The van der Waals surface area contributed by atoms with E-state index in [1.165, 1.54) is 19.3 Å². The van der Waals surface area contributed by atoms with E-state index in [-0.39, 0.29) is 57.6 Å². The Morgan fingerprint density at radius 1 is 0.898 bits per heavy atom. The van der Waals surface area contributed by atoms with Crippen LogP contribution in [0.5, 0.6) is 0 Å². The highest BCUT2D eigenvalue weighted by Crippen LogP contribution is 2.77. The summed E-state index contributed by atoms with van der Waals surface area (Å²) in [6, 6.07) is 0.328. The van der Waals surface area contributed by atoms with Crippen LogP contribution in [0.4, 0.5) is 0 Å². The Hall–Kier alpha value is -2.64. The number of nitrogens with one attached hydrogen (secondary N) is 2. The molecule has 0 radical (unpaired) electrons. The van der Waals surface area contributed by atoms with Crippen molar-refractivity contribution in [1.29, 1.82) is 0 Å². The van der Waals surface area contributed by atoms with Crippen molar-refractivity contribution in [2.45, 2.75) is 144 Å². The van der Waals surface area contributed by atoms with Gasteiger partial charge in [-0.1, -0.05) is 65.3 Å². The van der Waals surface area contributed by atoms with Gasteiger partial charge in [0.1, 0.15) is 11.9 Å². The minimum atomic E-state index is -1.14. The zero-order valence-corrected chi connectivity index (χ0v) is 31.1. The van der Waals surface area contributed by atoms with Crippen LogP contribution in [-0.2, 0) is 19.1 Å². The Labute approximate surface area is 293 Å². The van der Waals surface area contributed by atoms with Crippen molar-refractivity contribution >= 4 is 23.7 Å². The van der Waals surface area contributed by atoms with Crippen LogP contribution in [0.1, 0.15) is 126 Å². The Balaban J connectivity index is 1.06. The maximum Gasteiger partial charge on any atom is 0.309 e. The lowest BCUT2D eigenvalue weighted by Crippen LogP contribution is -2.67. The van der Waals surface area contributed by atoms with Crippen LogP contribution in [0.2, 0.25) is 0 Å². The number of carboxylic acids is 1. The smallest absolute Gasteiger partial charge is 0.309 e. The van der Waals surface area contributed by atoms with Gasteiger partial charge in [-0.25, -0.2) is 0 Å². The third-order valence-electron chi connectivity index (χ3n) is 16.4. The van der Waals surface area contributed by atoms with Crippen molar-refractivity contribution in [3.05, 3.63) is 24.3 Å². The fraction of sp³-hybridized carbons (Fsp3) is 0.805. The molecule has 0 aromatic carbocycles. The minimum Gasteiger partial charge on any atom is -0.481 e. The van der Waals surface area contributed by atoms with Gasteiger partial charge in [-0.2, -0.15) is 0 Å². The van der Waals surface area contributed by atoms with Crippen molar-refractivity contribution in [1.82, 2.24) is 10.6 Å². The first kappa shape index (κ1) is 34.8. The fourth-order valence-corrected chi connectivity index (χ4v) is 13.5. The van der Waals surface area contributed by atoms with Gasteiger partial charge in [0.25, 0.3) is 0 Å². The summed E-state index contributed by atoms with van der Waals surface area (Å²) in [5, 5.41) is 16.5. The number of rotatable bonds is 7. The van der Waals surface area contributed by atoms with Crippen LogP contribution in [0, 0.1) is 56.2 Å². The van der Waals surface area contributed by atoms with Gasteiger partial charge < -0.3 is 20.5 Å². The number of amidine groups is 1. The molecule has 0 bridgehead atoms. The largest absolute Gasteiger partial charge is 0.481 e. The van der Waals surface area contributed by atoms with Crippen LogP contribution in [0.25, 0.3) is 0 Å². The van der Waals surface area contributed by atoms with E-state index in [0.29, 0.717) is 30.2 Å². The van der Waals surface area contributed by atoms with Crippen LogP contribution >= 0.6 is 0 Å². The molecule has 0 aromatic rings. The van der Waals surface area contributed by atoms with Gasteiger partial charge in [-0.15, -0.1) is 0 Å². The number of hydrogen-bond donors (Lipinski definition) is 3. The Kier molecular flexibility index (Phi) is 8.30. The van der Waals surface area contributed by atoms with E-state index in [0.717, 1.165) is 57.2 Å². The lowest BCUT2D eigenvalue weighted by molar-refractivity contribution is -0.247. The van der Waals surface area contributed by atoms with Crippen molar-refractivity contribution in [2.24, 2.45) is 61.2 Å². The Bertz CT molecular complexity index is 1480. The monoisotopic (exact) mass is 675 g/mol. The molecule has 0 spiro atoms. The average molecular weight is 676 g/mol. The van der Waals surface area contributed by atoms with Crippen LogP contribution in [0.3, 0.4) is 0 Å². The average Bonchev–Trinajstić information content (AvgIpc) is 3.66. The zero-order valence-electron chi connectivity index (χ0n) is 31.1. The molecule has 0 saturated heterocycles. The summed E-state index contributed by atoms with van der Waals surface area (Å²) in [4.78, 5) is 43.8. The van der Waals surface area contributed by atoms with Crippen molar-refractivity contribution in [3.8, 4) is 0 Å². The number of ether oxygens (including phenoxy) is 1. The third-order valence-corrected chi connectivity index (χ3v) is 16.4. The van der Waals surface area contributed by atoms with Gasteiger partial charge in [-0.05, 0) is 118 Å². The normalized spacial score (nSPS) is 44.6. The summed E-state index contributed by atoms with van der Waals surface area (Å²) in [6.07, 6.45) is 20.0. The molecule has 5 saturated carbocycles. The van der Waals surface area contributed by atoms with Crippen molar-refractivity contribution < 1.29 is 24.2 Å². The molecule has 1 heterocycles. The maximum absolute atomic E-state index is 14.3. The van der Waals surface area contributed by atoms with E-state index in [2.05, 4.69) is 63.5 Å². The van der Waals surface area contributed by atoms with Gasteiger partial charge in [0, 0.05) is 5.41 Å². The van der Waals surface area contributed by atoms with E-state index in [1.807, 2.05) is 6.08 Å². The van der Waals surface area contributed by atoms with Gasteiger partial charge in [0.05, 0.1) is 35.9 Å². The summed E-state index contributed by atoms with van der Waals surface area (Å²) < 4.78 is 6.15. The first-order valence-corrected chi connectivity index (χ1v) is 19.4. The van der Waals surface area contributed by atoms with Crippen LogP contribution in [0.15, 0.2) is 29.3 Å². The number of aliphatic imine (C=N–C) groups is 1. The molecule has 270 valence electrons. The first-order chi connectivity index (χ1) is 23.0. The molecule has 1 amide bonds. The number of nitrogens with zero attached hydrogens (tertiary/aromatic N) is 1. The topological polar surface area (TPSA) is 117 Å². The molecule has 7 aliphatic rings. The molecule has 7 rings (SSSR count). The highest BCUT2D eigenvalue weighted by Gasteiger charge is 2.71. The number of fused-ring (bicyclic) bond motifs is 8. The molecule has 5 fully saturated rings.